The van der Waals surface area contributed by atoms with Gasteiger partial charge in [-0.1, -0.05) is 0 Å². The second kappa shape index (κ2) is 4.88. The average molecular weight is 305 g/mol. The summed E-state index contributed by atoms with van der Waals surface area (Å²) in [6.45, 7) is 3.91. The van der Waals surface area contributed by atoms with Gasteiger partial charge in [0.25, 0.3) is 5.91 Å². The topological polar surface area (TPSA) is 99.0 Å². The number of nitrogens with zero attached hydrogens (tertiary/aromatic N) is 3. The highest BCUT2D eigenvalue weighted by molar-refractivity contribution is 7.21. The molecule has 0 unspecified atom stereocenters. The van der Waals surface area contributed by atoms with Gasteiger partial charge in [-0.3, -0.25) is 9.48 Å². The molecule has 0 aliphatic heterocycles. The molecule has 0 radical (unpaired) electrons. The number of oxazole rings is 1. The Balaban J connectivity index is 1.84. The average Bonchev–Trinajstić information content (AvgIpc) is 3.06. The molecular formula is C13H15N5O2S. The van der Waals surface area contributed by atoms with Crippen molar-refractivity contribution in [3.8, 4) is 0 Å². The van der Waals surface area contributed by atoms with Crippen LogP contribution in [-0.4, -0.2) is 20.7 Å². The molecule has 21 heavy (non-hydrogen) atoms. The zero-order valence-corrected chi connectivity index (χ0v) is 12.7. The van der Waals surface area contributed by atoms with Crippen LogP contribution in [0.25, 0.3) is 10.2 Å². The number of nitrogens with one attached hydrogen (secondary N) is 1. The van der Waals surface area contributed by atoms with Gasteiger partial charge in [-0.25, -0.2) is 4.98 Å². The first-order valence-electron chi connectivity index (χ1n) is 6.38. The van der Waals surface area contributed by atoms with E-state index < -0.39 is 0 Å². The number of amides is 1. The van der Waals surface area contributed by atoms with Crippen molar-refractivity contribution < 1.29 is 9.21 Å². The summed E-state index contributed by atoms with van der Waals surface area (Å²) in [6.07, 6.45) is 1.62. The maximum Gasteiger partial charge on any atom is 0.264 e. The van der Waals surface area contributed by atoms with E-state index in [9.17, 15) is 4.79 Å². The molecule has 110 valence electrons. The molecule has 3 heterocycles. The number of aromatic nitrogens is 3. The van der Waals surface area contributed by atoms with Crippen molar-refractivity contribution in [2.24, 2.45) is 7.05 Å². The SMILES string of the molecule is Cc1cnc(CNC(=O)c2sc3c(c(C)nn3C)c2N)o1. The van der Waals surface area contributed by atoms with E-state index in [1.54, 1.807) is 17.8 Å². The molecule has 0 bridgehead atoms. The lowest BCUT2D eigenvalue weighted by Crippen LogP contribution is -2.22. The Hall–Kier alpha value is -2.35. The Bertz CT molecular complexity index is 829. The molecule has 3 aromatic heterocycles. The number of aryl methyl sites for hydroxylation is 3. The minimum Gasteiger partial charge on any atom is -0.444 e. The van der Waals surface area contributed by atoms with Gasteiger partial charge in [0.15, 0.2) is 0 Å². The van der Waals surface area contributed by atoms with Crippen LogP contribution < -0.4 is 11.1 Å². The van der Waals surface area contributed by atoms with E-state index in [1.807, 2.05) is 14.0 Å². The van der Waals surface area contributed by atoms with Crippen LogP contribution in [0.1, 0.15) is 27.0 Å². The third kappa shape index (κ3) is 2.27. The summed E-state index contributed by atoms with van der Waals surface area (Å²) in [5, 5.41) is 7.91. The van der Waals surface area contributed by atoms with Gasteiger partial charge in [0.1, 0.15) is 15.5 Å². The van der Waals surface area contributed by atoms with Gasteiger partial charge in [0.2, 0.25) is 5.89 Å². The molecule has 3 aromatic rings. The largest absolute Gasteiger partial charge is 0.444 e. The van der Waals surface area contributed by atoms with Crippen LogP contribution in [0.5, 0.6) is 0 Å². The summed E-state index contributed by atoms with van der Waals surface area (Å²) in [5.41, 5.74) is 7.38. The van der Waals surface area contributed by atoms with E-state index in [4.69, 9.17) is 10.2 Å². The molecule has 0 aliphatic carbocycles. The number of hydrogen-bond acceptors (Lipinski definition) is 6. The molecule has 8 heteroatoms. The second-order valence-corrected chi connectivity index (χ2v) is 5.78. The fourth-order valence-corrected chi connectivity index (χ4v) is 3.32. The van der Waals surface area contributed by atoms with Gasteiger partial charge in [-0.15, -0.1) is 11.3 Å². The van der Waals surface area contributed by atoms with Gasteiger partial charge in [-0.05, 0) is 13.8 Å². The van der Waals surface area contributed by atoms with Gasteiger partial charge in [0.05, 0.1) is 29.5 Å². The van der Waals surface area contributed by atoms with E-state index in [2.05, 4.69) is 15.4 Å². The summed E-state index contributed by atoms with van der Waals surface area (Å²) in [6, 6.07) is 0. The Morgan fingerprint density at radius 1 is 1.52 bits per heavy atom. The number of nitrogen functional groups attached to an aromatic ring is 1. The smallest absolute Gasteiger partial charge is 0.264 e. The van der Waals surface area contributed by atoms with Crippen molar-refractivity contribution in [2.75, 3.05) is 5.73 Å². The predicted molar refractivity (Wildman–Crippen MR) is 80.2 cm³/mol. The van der Waals surface area contributed by atoms with Crippen molar-refractivity contribution >= 4 is 33.1 Å². The highest BCUT2D eigenvalue weighted by Crippen LogP contribution is 2.35. The lowest BCUT2D eigenvalue weighted by molar-refractivity contribution is 0.0952. The second-order valence-electron chi connectivity index (χ2n) is 4.78. The van der Waals surface area contributed by atoms with E-state index >= 15 is 0 Å². The standard InChI is InChI=1S/C13H15N5O2S/c1-6-4-15-8(20-6)5-16-12(19)11-10(14)9-7(2)17-18(3)13(9)21-11/h4H,5,14H2,1-3H3,(H,16,19). The molecule has 7 nitrogen and oxygen atoms in total. The molecule has 0 fully saturated rings. The molecule has 1 amide bonds. The highest BCUT2D eigenvalue weighted by Gasteiger charge is 2.21. The summed E-state index contributed by atoms with van der Waals surface area (Å²) in [5.74, 6) is 0.949. The van der Waals surface area contributed by atoms with Crippen LogP contribution in [-0.2, 0) is 13.6 Å². The van der Waals surface area contributed by atoms with Crippen LogP contribution in [0.4, 0.5) is 5.69 Å². The number of carbonyl (C=O) groups is 1. The summed E-state index contributed by atoms with van der Waals surface area (Å²) in [7, 11) is 1.84. The van der Waals surface area contributed by atoms with Crippen LogP contribution in [0.3, 0.4) is 0 Å². The van der Waals surface area contributed by atoms with Crippen LogP contribution >= 0.6 is 11.3 Å². The van der Waals surface area contributed by atoms with Crippen molar-refractivity contribution in [2.45, 2.75) is 20.4 Å². The number of thiophene rings is 1. The first-order valence-corrected chi connectivity index (χ1v) is 7.20. The zero-order chi connectivity index (χ0) is 15.1. The Kier molecular flexibility index (Phi) is 3.17. The molecule has 0 aromatic carbocycles. The Labute approximate surface area is 124 Å². The molecule has 0 atom stereocenters. The summed E-state index contributed by atoms with van der Waals surface area (Å²) in [4.78, 5) is 17.7. The van der Waals surface area contributed by atoms with E-state index in [1.165, 1.54) is 11.3 Å². The fraction of sp³-hybridized carbons (Fsp3) is 0.308. The minimum absolute atomic E-state index is 0.232. The molecule has 0 saturated carbocycles. The van der Waals surface area contributed by atoms with Crippen LogP contribution in [0.15, 0.2) is 10.6 Å². The summed E-state index contributed by atoms with van der Waals surface area (Å²) < 4.78 is 7.05. The van der Waals surface area contributed by atoms with Crippen molar-refractivity contribution in [3.05, 3.63) is 28.4 Å². The van der Waals surface area contributed by atoms with Crippen molar-refractivity contribution in [1.82, 2.24) is 20.1 Å². The Morgan fingerprint density at radius 2 is 2.29 bits per heavy atom. The van der Waals surface area contributed by atoms with Crippen molar-refractivity contribution in [1.29, 1.82) is 0 Å². The third-order valence-corrected chi connectivity index (χ3v) is 4.43. The maximum atomic E-state index is 12.3. The molecule has 0 aliphatic rings. The molecule has 0 saturated heterocycles. The van der Waals surface area contributed by atoms with Crippen LogP contribution in [0, 0.1) is 13.8 Å². The maximum absolute atomic E-state index is 12.3. The number of anilines is 1. The van der Waals surface area contributed by atoms with Gasteiger partial charge < -0.3 is 15.5 Å². The normalized spacial score (nSPS) is 11.2. The summed E-state index contributed by atoms with van der Waals surface area (Å²) >= 11 is 1.33. The van der Waals surface area contributed by atoms with E-state index in [-0.39, 0.29) is 12.5 Å². The molecule has 3 N–H and O–H groups in total. The van der Waals surface area contributed by atoms with Crippen molar-refractivity contribution in [3.63, 3.8) is 0 Å². The monoisotopic (exact) mass is 305 g/mol. The van der Waals surface area contributed by atoms with Gasteiger partial charge in [-0.2, -0.15) is 5.10 Å². The highest BCUT2D eigenvalue weighted by atomic mass is 32.1. The lowest BCUT2D eigenvalue weighted by atomic mass is 10.2. The quantitative estimate of drug-likeness (QED) is 0.768. The van der Waals surface area contributed by atoms with E-state index in [0.717, 1.165) is 15.9 Å². The first-order chi connectivity index (χ1) is 9.97. The first kappa shape index (κ1) is 13.6. The number of fused-ring (bicyclic) bond motifs is 1. The predicted octanol–water partition coefficient (Wildman–Crippen LogP) is 1.75. The lowest BCUT2D eigenvalue weighted by Gasteiger charge is -2.01. The minimum atomic E-state index is -0.232. The van der Waals surface area contributed by atoms with E-state index in [0.29, 0.717) is 22.2 Å². The third-order valence-electron chi connectivity index (χ3n) is 3.16. The number of hydrogen-bond donors (Lipinski definition) is 2. The Morgan fingerprint density at radius 3 is 2.90 bits per heavy atom. The zero-order valence-electron chi connectivity index (χ0n) is 11.9. The molecular weight excluding hydrogens is 290 g/mol. The number of carbonyl (C=O) groups excluding carboxylic acids is 1. The van der Waals surface area contributed by atoms with Gasteiger partial charge >= 0.3 is 0 Å². The molecule has 0 spiro atoms. The molecule has 3 rings (SSSR count). The number of rotatable bonds is 3. The fourth-order valence-electron chi connectivity index (χ4n) is 2.22. The number of nitrogens with two attached hydrogens (primary N) is 1. The van der Waals surface area contributed by atoms with Gasteiger partial charge in [0, 0.05) is 7.05 Å². The van der Waals surface area contributed by atoms with Crippen LogP contribution in [0.2, 0.25) is 0 Å².